The lowest BCUT2D eigenvalue weighted by Gasteiger charge is -2.14. The van der Waals surface area contributed by atoms with Crippen molar-refractivity contribution in [2.75, 3.05) is 19.0 Å². The van der Waals surface area contributed by atoms with Crippen LogP contribution in [0.1, 0.15) is 17.3 Å². The first-order valence-corrected chi connectivity index (χ1v) is 9.13. The summed E-state index contributed by atoms with van der Waals surface area (Å²) >= 11 is 0. The monoisotopic (exact) mass is 382 g/mol. The van der Waals surface area contributed by atoms with Gasteiger partial charge in [-0.25, -0.2) is 17.5 Å². The van der Waals surface area contributed by atoms with E-state index >= 15 is 0 Å². The van der Waals surface area contributed by atoms with Crippen LogP contribution in [0.3, 0.4) is 0 Å². The molecule has 0 aliphatic rings. The molecule has 0 spiro atoms. The van der Waals surface area contributed by atoms with E-state index in [1.807, 2.05) is 0 Å². The summed E-state index contributed by atoms with van der Waals surface area (Å²) in [6.45, 7) is 1.14. The largest absolute Gasteiger partial charge is 0.496 e. The molecule has 0 bridgehead atoms. The molecule has 0 fully saturated rings. The third-order valence-corrected chi connectivity index (χ3v) is 5.05. The molecule has 1 atom stereocenters. The lowest BCUT2D eigenvalue weighted by Crippen LogP contribution is -2.35. The molecule has 3 N–H and O–H groups in total. The molecular formula is C17H19FN2O5S. The van der Waals surface area contributed by atoms with E-state index in [4.69, 9.17) is 9.84 Å². The van der Waals surface area contributed by atoms with Gasteiger partial charge in [-0.2, -0.15) is 0 Å². The first kappa shape index (κ1) is 19.8. The molecule has 0 aliphatic carbocycles. The van der Waals surface area contributed by atoms with Crippen molar-refractivity contribution in [3.8, 4) is 5.75 Å². The molecule has 0 saturated heterocycles. The average molecular weight is 382 g/mol. The van der Waals surface area contributed by atoms with E-state index in [0.717, 1.165) is 0 Å². The van der Waals surface area contributed by atoms with Crippen molar-refractivity contribution < 1.29 is 27.4 Å². The summed E-state index contributed by atoms with van der Waals surface area (Å²) in [4.78, 5) is 12.3. The molecule has 2 aromatic rings. The second-order valence-corrected chi connectivity index (χ2v) is 7.24. The van der Waals surface area contributed by atoms with Crippen LogP contribution in [0.15, 0.2) is 47.4 Å². The van der Waals surface area contributed by atoms with Crippen LogP contribution < -0.4 is 14.8 Å². The van der Waals surface area contributed by atoms with E-state index in [9.17, 15) is 17.6 Å². The zero-order valence-electron chi connectivity index (χ0n) is 14.2. The first-order chi connectivity index (χ1) is 12.3. The summed E-state index contributed by atoms with van der Waals surface area (Å²) in [6, 6.07) is 8.28. The molecule has 7 nitrogen and oxygen atoms in total. The smallest absolute Gasteiger partial charge is 0.259 e. The minimum absolute atomic E-state index is 0.00338. The number of amides is 1. The standard InChI is InChI=1S/C17H19FN2O5S/c1-11(10-21)20-26(23,24)14-7-8-16(25-2)15(9-14)17(22)19-13-5-3-12(18)4-6-13/h3-9,11,20-21H,10H2,1-2H3,(H,19,22). The summed E-state index contributed by atoms with van der Waals surface area (Å²) in [5.74, 6) is -0.878. The average Bonchev–Trinajstić information content (AvgIpc) is 2.62. The van der Waals surface area contributed by atoms with Crippen LogP contribution >= 0.6 is 0 Å². The Hall–Kier alpha value is -2.49. The zero-order valence-corrected chi connectivity index (χ0v) is 15.0. The molecule has 1 unspecified atom stereocenters. The minimum atomic E-state index is -3.93. The summed E-state index contributed by atoms with van der Waals surface area (Å²) in [7, 11) is -2.57. The molecule has 1 amide bonds. The van der Waals surface area contributed by atoms with Gasteiger partial charge in [0.25, 0.3) is 5.91 Å². The number of aliphatic hydroxyl groups is 1. The lowest BCUT2D eigenvalue weighted by molar-refractivity contribution is 0.102. The fraction of sp³-hybridized carbons (Fsp3) is 0.235. The number of methoxy groups -OCH3 is 1. The number of hydrogen-bond donors (Lipinski definition) is 3. The van der Waals surface area contributed by atoms with Crippen LogP contribution in [-0.2, 0) is 10.0 Å². The Morgan fingerprint density at radius 1 is 1.23 bits per heavy atom. The fourth-order valence-corrected chi connectivity index (χ4v) is 3.39. The molecule has 0 heterocycles. The van der Waals surface area contributed by atoms with Gasteiger partial charge in [-0.3, -0.25) is 4.79 Å². The number of nitrogens with one attached hydrogen (secondary N) is 2. The predicted octanol–water partition coefficient (Wildman–Crippen LogP) is 1.75. The molecule has 0 aliphatic heterocycles. The summed E-state index contributed by atoms with van der Waals surface area (Å²) < 4.78 is 45.0. The highest BCUT2D eigenvalue weighted by Gasteiger charge is 2.21. The molecule has 0 aromatic heterocycles. The minimum Gasteiger partial charge on any atom is -0.496 e. The summed E-state index contributed by atoms with van der Waals surface area (Å²) in [5.41, 5.74) is 0.343. The van der Waals surface area contributed by atoms with Gasteiger partial charge in [0.05, 0.1) is 24.2 Å². The number of benzene rings is 2. The maximum Gasteiger partial charge on any atom is 0.259 e. The van der Waals surface area contributed by atoms with Gasteiger partial charge in [-0.15, -0.1) is 0 Å². The SMILES string of the molecule is COc1ccc(S(=O)(=O)NC(C)CO)cc1C(=O)Nc1ccc(F)cc1. The lowest BCUT2D eigenvalue weighted by atomic mass is 10.2. The van der Waals surface area contributed by atoms with E-state index in [1.54, 1.807) is 0 Å². The Bertz CT molecular complexity index is 885. The number of ether oxygens (including phenoxy) is 1. The first-order valence-electron chi connectivity index (χ1n) is 7.65. The van der Waals surface area contributed by atoms with E-state index in [2.05, 4.69) is 10.0 Å². The number of sulfonamides is 1. The van der Waals surface area contributed by atoms with Gasteiger partial charge in [0, 0.05) is 11.7 Å². The van der Waals surface area contributed by atoms with E-state index in [-0.39, 0.29) is 22.8 Å². The van der Waals surface area contributed by atoms with Gasteiger partial charge in [0.15, 0.2) is 0 Å². The number of anilines is 1. The molecule has 140 valence electrons. The topological polar surface area (TPSA) is 105 Å². The van der Waals surface area contributed by atoms with E-state index in [0.29, 0.717) is 5.69 Å². The molecule has 0 saturated carbocycles. The molecule has 2 rings (SSSR count). The Labute approximate surface area is 150 Å². The van der Waals surface area contributed by atoms with Crippen molar-refractivity contribution in [2.45, 2.75) is 17.9 Å². The molecule has 26 heavy (non-hydrogen) atoms. The number of aliphatic hydroxyl groups excluding tert-OH is 1. The number of hydrogen-bond acceptors (Lipinski definition) is 5. The van der Waals surface area contributed by atoms with E-state index in [1.165, 1.54) is 56.5 Å². The third-order valence-electron chi connectivity index (χ3n) is 3.46. The molecule has 0 radical (unpaired) electrons. The van der Waals surface area contributed by atoms with Gasteiger partial charge in [0.2, 0.25) is 10.0 Å². The third kappa shape index (κ3) is 4.78. The Balaban J connectivity index is 2.34. The predicted molar refractivity (Wildman–Crippen MR) is 94.2 cm³/mol. The van der Waals surface area contributed by atoms with Gasteiger partial charge in [0.1, 0.15) is 11.6 Å². The molecule has 2 aromatic carbocycles. The van der Waals surface area contributed by atoms with Crippen LogP contribution in [0.5, 0.6) is 5.75 Å². The van der Waals surface area contributed by atoms with Crippen LogP contribution in [-0.4, -0.2) is 39.2 Å². The van der Waals surface area contributed by atoms with Gasteiger partial charge < -0.3 is 15.2 Å². The molecular weight excluding hydrogens is 363 g/mol. The van der Waals surface area contributed by atoms with Gasteiger partial charge >= 0.3 is 0 Å². The van der Waals surface area contributed by atoms with Crippen LogP contribution in [0.2, 0.25) is 0 Å². The van der Waals surface area contributed by atoms with Crippen LogP contribution in [0.25, 0.3) is 0 Å². The van der Waals surface area contributed by atoms with Crippen LogP contribution in [0, 0.1) is 5.82 Å². The second kappa shape index (κ2) is 8.26. The quantitative estimate of drug-likeness (QED) is 0.677. The fourth-order valence-electron chi connectivity index (χ4n) is 2.13. The van der Waals surface area contributed by atoms with Crippen molar-refractivity contribution >= 4 is 21.6 Å². The maximum atomic E-state index is 13.0. The second-order valence-electron chi connectivity index (χ2n) is 5.53. The van der Waals surface area contributed by atoms with Crippen molar-refractivity contribution in [1.82, 2.24) is 4.72 Å². The summed E-state index contributed by atoms with van der Waals surface area (Å²) in [5, 5.41) is 11.6. The highest BCUT2D eigenvalue weighted by molar-refractivity contribution is 7.89. The highest BCUT2D eigenvalue weighted by atomic mass is 32.2. The molecule has 9 heteroatoms. The van der Waals surface area contributed by atoms with Gasteiger partial charge in [-0.1, -0.05) is 0 Å². The zero-order chi connectivity index (χ0) is 19.3. The van der Waals surface area contributed by atoms with Crippen molar-refractivity contribution in [2.24, 2.45) is 0 Å². The highest BCUT2D eigenvalue weighted by Crippen LogP contribution is 2.24. The maximum absolute atomic E-state index is 13.0. The normalized spacial score (nSPS) is 12.5. The summed E-state index contributed by atoms with van der Waals surface area (Å²) in [6.07, 6.45) is 0. The number of carbonyl (C=O) groups excluding carboxylic acids is 1. The van der Waals surface area contributed by atoms with Crippen molar-refractivity contribution in [3.63, 3.8) is 0 Å². The number of halogens is 1. The van der Waals surface area contributed by atoms with Crippen LogP contribution in [0.4, 0.5) is 10.1 Å². The Morgan fingerprint density at radius 2 is 1.88 bits per heavy atom. The van der Waals surface area contributed by atoms with Crippen molar-refractivity contribution in [1.29, 1.82) is 0 Å². The number of carbonyl (C=O) groups is 1. The van der Waals surface area contributed by atoms with Crippen molar-refractivity contribution in [3.05, 3.63) is 53.8 Å². The number of rotatable bonds is 7. The Morgan fingerprint density at radius 3 is 2.46 bits per heavy atom. The van der Waals surface area contributed by atoms with Gasteiger partial charge in [-0.05, 0) is 49.4 Å². The van der Waals surface area contributed by atoms with E-state index < -0.39 is 27.8 Å². The Kier molecular flexibility index (Phi) is 6.30.